The van der Waals surface area contributed by atoms with Gasteiger partial charge >= 0.3 is 5.97 Å². The molecule has 0 fully saturated rings. The van der Waals surface area contributed by atoms with Crippen molar-refractivity contribution in [3.8, 4) is 17.1 Å². The van der Waals surface area contributed by atoms with Gasteiger partial charge in [-0.1, -0.05) is 29.8 Å². The molecule has 0 spiro atoms. The summed E-state index contributed by atoms with van der Waals surface area (Å²) in [6, 6.07) is 10.6. The van der Waals surface area contributed by atoms with E-state index in [1.165, 1.54) is 7.11 Å². The van der Waals surface area contributed by atoms with Gasteiger partial charge in [0.1, 0.15) is 5.58 Å². The normalized spacial score (nSPS) is 10.8. The van der Waals surface area contributed by atoms with Gasteiger partial charge in [0.25, 0.3) is 0 Å². The number of methoxy groups -OCH3 is 1. The highest BCUT2D eigenvalue weighted by molar-refractivity contribution is 6.33. The summed E-state index contributed by atoms with van der Waals surface area (Å²) in [6.07, 6.45) is 0. The predicted molar refractivity (Wildman–Crippen MR) is 99.9 cm³/mol. The Labute approximate surface area is 155 Å². The van der Waals surface area contributed by atoms with Crippen LogP contribution in [0.3, 0.4) is 0 Å². The second-order valence-corrected chi connectivity index (χ2v) is 6.30. The first kappa shape index (κ1) is 18.0. The number of carbonyl (C=O) groups is 1. The molecule has 0 amide bonds. The third-order valence-corrected chi connectivity index (χ3v) is 4.31. The SMILES string of the molecule is COC(=O)COc1c(-c2ccccc2Cl)oc2cc(C)cc(C)c2c1=O. The van der Waals surface area contributed by atoms with Crippen LogP contribution in [0.5, 0.6) is 5.75 Å². The number of halogens is 1. The molecule has 0 bridgehead atoms. The molecule has 0 unspecified atom stereocenters. The van der Waals surface area contributed by atoms with Crippen LogP contribution in [0.25, 0.3) is 22.3 Å². The van der Waals surface area contributed by atoms with Crippen LogP contribution >= 0.6 is 11.6 Å². The Hall–Kier alpha value is -2.79. The van der Waals surface area contributed by atoms with Gasteiger partial charge in [-0.3, -0.25) is 4.79 Å². The zero-order chi connectivity index (χ0) is 18.8. The number of aryl methyl sites for hydroxylation is 2. The zero-order valence-electron chi connectivity index (χ0n) is 14.6. The molecule has 0 radical (unpaired) electrons. The first-order valence-corrected chi connectivity index (χ1v) is 8.32. The minimum Gasteiger partial charge on any atom is -0.474 e. The lowest BCUT2D eigenvalue weighted by atomic mass is 10.0. The van der Waals surface area contributed by atoms with Crippen LogP contribution in [0.1, 0.15) is 11.1 Å². The zero-order valence-corrected chi connectivity index (χ0v) is 15.3. The van der Waals surface area contributed by atoms with Crippen LogP contribution in [0.2, 0.25) is 5.02 Å². The Balaban J connectivity index is 2.31. The van der Waals surface area contributed by atoms with Gasteiger partial charge in [-0.15, -0.1) is 0 Å². The number of esters is 1. The molecular weight excluding hydrogens is 356 g/mol. The maximum Gasteiger partial charge on any atom is 0.343 e. The summed E-state index contributed by atoms with van der Waals surface area (Å²) in [5, 5.41) is 0.813. The second kappa shape index (κ2) is 7.22. The third-order valence-electron chi connectivity index (χ3n) is 3.98. The lowest BCUT2D eigenvalue weighted by Crippen LogP contribution is -2.18. The lowest BCUT2D eigenvalue weighted by Gasteiger charge is -2.13. The molecule has 3 aromatic rings. The molecule has 0 atom stereocenters. The molecule has 134 valence electrons. The van der Waals surface area contributed by atoms with Gasteiger partial charge < -0.3 is 13.9 Å². The highest BCUT2D eigenvalue weighted by Crippen LogP contribution is 2.36. The van der Waals surface area contributed by atoms with Crippen molar-refractivity contribution in [2.24, 2.45) is 0 Å². The molecule has 0 aliphatic rings. The summed E-state index contributed by atoms with van der Waals surface area (Å²) in [6.45, 7) is 3.34. The van der Waals surface area contributed by atoms with E-state index in [0.717, 1.165) is 11.1 Å². The molecule has 0 N–H and O–H groups in total. The third kappa shape index (κ3) is 3.30. The van der Waals surface area contributed by atoms with Crippen molar-refractivity contribution in [3.05, 3.63) is 62.8 Å². The molecule has 0 aliphatic carbocycles. The quantitative estimate of drug-likeness (QED) is 0.639. The number of rotatable bonds is 4. The van der Waals surface area contributed by atoms with Crippen molar-refractivity contribution in [2.45, 2.75) is 13.8 Å². The fraction of sp³-hybridized carbons (Fsp3) is 0.200. The van der Waals surface area contributed by atoms with E-state index in [2.05, 4.69) is 4.74 Å². The molecule has 0 saturated heterocycles. The van der Waals surface area contributed by atoms with Gasteiger partial charge in [-0.25, -0.2) is 4.79 Å². The smallest absolute Gasteiger partial charge is 0.343 e. The number of hydrogen-bond donors (Lipinski definition) is 0. The van der Waals surface area contributed by atoms with Gasteiger partial charge in [0.15, 0.2) is 12.4 Å². The van der Waals surface area contributed by atoms with Crippen molar-refractivity contribution < 1.29 is 18.7 Å². The summed E-state index contributed by atoms with van der Waals surface area (Å²) in [7, 11) is 1.25. The van der Waals surface area contributed by atoms with E-state index in [-0.39, 0.29) is 16.9 Å². The van der Waals surface area contributed by atoms with Crippen LogP contribution in [-0.4, -0.2) is 19.7 Å². The number of ether oxygens (including phenoxy) is 2. The Bertz CT molecular complexity index is 1050. The fourth-order valence-electron chi connectivity index (χ4n) is 2.82. The standard InChI is InChI=1S/C20H17ClO5/c1-11-8-12(2)17-15(9-11)26-19(13-6-4-5-7-14(13)21)20(18(17)23)25-10-16(22)24-3/h4-9H,10H2,1-3H3. The second-order valence-electron chi connectivity index (χ2n) is 5.89. The van der Waals surface area contributed by atoms with Crippen molar-refractivity contribution >= 4 is 28.5 Å². The van der Waals surface area contributed by atoms with E-state index >= 15 is 0 Å². The minimum atomic E-state index is -0.602. The van der Waals surface area contributed by atoms with Crippen molar-refractivity contribution in [2.75, 3.05) is 13.7 Å². The number of fused-ring (bicyclic) bond motifs is 1. The molecular formula is C20H17ClO5. The van der Waals surface area contributed by atoms with Crippen molar-refractivity contribution in [1.82, 2.24) is 0 Å². The molecule has 0 saturated carbocycles. The van der Waals surface area contributed by atoms with E-state index < -0.39 is 12.6 Å². The number of carbonyl (C=O) groups excluding carboxylic acids is 1. The monoisotopic (exact) mass is 372 g/mol. The Morgan fingerprint density at radius 1 is 1.19 bits per heavy atom. The largest absolute Gasteiger partial charge is 0.474 e. The topological polar surface area (TPSA) is 65.7 Å². The average Bonchev–Trinajstić information content (AvgIpc) is 2.60. The molecule has 3 rings (SSSR count). The maximum atomic E-state index is 13.1. The van der Waals surface area contributed by atoms with Crippen LogP contribution in [0.15, 0.2) is 45.6 Å². The molecule has 1 heterocycles. The molecule has 6 heteroatoms. The minimum absolute atomic E-state index is 0.0667. The van der Waals surface area contributed by atoms with Gasteiger partial charge in [0.2, 0.25) is 11.2 Å². The van der Waals surface area contributed by atoms with Crippen LogP contribution in [0, 0.1) is 13.8 Å². The van der Waals surface area contributed by atoms with Gasteiger partial charge in [0.05, 0.1) is 17.5 Å². The molecule has 1 aromatic heterocycles. The van der Waals surface area contributed by atoms with Gasteiger partial charge in [-0.05, 0) is 43.2 Å². The van der Waals surface area contributed by atoms with Crippen LogP contribution in [0.4, 0.5) is 0 Å². The first-order chi connectivity index (χ1) is 12.4. The predicted octanol–water partition coefficient (Wildman–Crippen LogP) is 4.28. The summed E-state index contributed by atoms with van der Waals surface area (Å²) in [5.74, 6) is -0.486. The highest BCUT2D eigenvalue weighted by atomic mass is 35.5. The highest BCUT2D eigenvalue weighted by Gasteiger charge is 2.21. The maximum absolute atomic E-state index is 13.1. The average molecular weight is 373 g/mol. The van der Waals surface area contributed by atoms with E-state index in [1.54, 1.807) is 30.3 Å². The van der Waals surface area contributed by atoms with Gasteiger partial charge in [-0.2, -0.15) is 0 Å². The van der Waals surface area contributed by atoms with Gasteiger partial charge in [0, 0.05) is 5.56 Å². The van der Waals surface area contributed by atoms with E-state index in [1.807, 2.05) is 19.9 Å². The summed E-state index contributed by atoms with van der Waals surface area (Å²) in [4.78, 5) is 24.6. The van der Waals surface area contributed by atoms with E-state index in [0.29, 0.717) is 21.6 Å². The van der Waals surface area contributed by atoms with Crippen molar-refractivity contribution in [1.29, 1.82) is 0 Å². The summed E-state index contributed by atoms with van der Waals surface area (Å²) >= 11 is 6.28. The summed E-state index contributed by atoms with van der Waals surface area (Å²) in [5.41, 5.74) is 2.32. The first-order valence-electron chi connectivity index (χ1n) is 7.95. The van der Waals surface area contributed by atoms with E-state index in [9.17, 15) is 9.59 Å². The number of hydrogen-bond acceptors (Lipinski definition) is 5. The fourth-order valence-corrected chi connectivity index (χ4v) is 3.04. The number of benzene rings is 2. The molecule has 5 nitrogen and oxygen atoms in total. The van der Waals surface area contributed by atoms with Crippen LogP contribution in [-0.2, 0) is 9.53 Å². The Morgan fingerprint density at radius 3 is 2.62 bits per heavy atom. The summed E-state index contributed by atoms with van der Waals surface area (Å²) < 4.78 is 16.1. The van der Waals surface area contributed by atoms with Crippen LogP contribution < -0.4 is 10.2 Å². The lowest BCUT2D eigenvalue weighted by molar-refractivity contribution is -0.142. The molecule has 26 heavy (non-hydrogen) atoms. The molecule has 2 aromatic carbocycles. The Morgan fingerprint density at radius 2 is 1.92 bits per heavy atom. The van der Waals surface area contributed by atoms with E-state index in [4.69, 9.17) is 20.8 Å². The van der Waals surface area contributed by atoms with Crippen molar-refractivity contribution in [3.63, 3.8) is 0 Å². The Kier molecular flexibility index (Phi) is 5.00. The molecule has 0 aliphatic heterocycles.